The Hall–Kier alpha value is -2.73. The molecule has 2 aliphatic rings. The molecule has 0 aromatic heterocycles. The molecule has 1 fully saturated rings. The van der Waals surface area contributed by atoms with E-state index in [1.165, 1.54) is 0 Å². The number of carboxylic acid groups (broad SMARTS) is 1. The summed E-state index contributed by atoms with van der Waals surface area (Å²) in [7, 11) is 1.63. The summed E-state index contributed by atoms with van der Waals surface area (Å²) in [6, 6.07) is 13.7. The number of carboxylic acids is 1. The van der Waals surface area contributed by atoms with E-state index in [4.69, 9.17) is 18.9 Å². The lowest BCUT2D eigenvalue weighted by Crippen LogP contribution is -2.52. The first-order valence-electron chi connectivity index (χ1n) is 11.3. The van der Waals surface area contributed by atoms with Gasteiger partial charge >= 0.3 is 5.97 Å². The highest BCUT2D eigenvalue weighted by Crippen LogP contribution is 2.53. The topological polar surface area (TPSA) is 74.2 Å². The average molecular weight is 441 g/mol. The molecule has 0 aliphatic carbocycles. The summed E-state index contributed by atoms with van der Waals surface area (Å²) in [5.41, 5.74) is 1.54. The molecule has 2 heterocycles. The molecule has 0 bridgehead atoms. The maximum atomic E-state index is 12.2. The fourth-order valence-electron chi connectivity index (χ4n) is 4.95. The van der Waals surface area contributed by atoms with Crippen molar-refractivity contribution in [3.8, 4) is 17.2 Å². The second-order valence-electron chi connectivity index (χ2n) is 9.11. The zero-order valence-corrected chi connectivity index (χ0v) is 19.2. The number of methoxy groups -OCH3 is 1. The van der Waals surface area contributed by atoms with Crippen LogP contribution in [0.1, 0.15) is 50.8 Å². The summed E-state index contributed by atoms with van der Waals surface area (Å²) in [6.07, 6.45) is 1.27. The fraction of sp³-hybridized carbons (Fsp3) is 0.500. The molecule has 6 nitrogen and oxygen atoms in total. The Labute approximate surface area is 189 Å². The molecule has 4 atom stereocenters. The number of hydrogen-bond donors (Lipinski definition) is 1. The van der Waals surface area contributed by atoms with Gasteiger partial charge in [0, 0.05) is 11.5 Å². The molecule has 1 saturated heterocycles. The first-order chi connectivity index (χ1) is 15.3. The molecule has 172 valence electrons. The van der Waals surface area contributed by atoms with Crippen LogP contribution < -0.4 is 14.2 Å². The zero-order valence-electron chi connectivity index (χ0n) is 19.2. The number of aliphatic carboxylic acids is 1. The van der Waals surface area contributed by atoms with E-state index < -0.39 is 17.5 Å². The SMILES string of the molecule is CCOc1ccc(CC[C@@H]2O[C@@H]3c4cc(OC)ccc4OC(C)(C)[C@H]3C[C@H]2C(=O)O)cc1. The largest absolute Gasteiger partial charge is 0.497 e. The molecule has 2 aromatic rings. The second-order valence-corrected chi connectivity index (χ2v) is 9.11. The molecular weight excluding hydrogens is 408 g/mol. The predicted octanol–water partition coefficient (Wildman–Crippen LogP) is 5.04. The summed E-state index contributed by atoms with van der Waals surface area (Å²) in [5.74, 6) is 0.898. The molecule has 2 aromatic carbocycles. The van der Waals surface area contributed by atoms with E-state index in [0.717, 1.165) is 34.8 Å². The molecule has 6 heteroatoms. The molecule has 2 aliphatic heterocycles. The number of fused-ring (bicyclic) bond motifs is 3. The summed E-state index contributed by atoms with van der Waals surface area (Å²) >= 11 is 0. The second kappa shape index (κ2) is 9.02. The molecule has 0 amide bonds. The third-order valence-electron chi connectivity index (χ3n) is 6.70. The number of hydrogen-bond acceptors (Lipinski definition) is 5. The van der Waals surface area contributed by atoms with Crippen molar-refractivity contribution in [2.24, 2.45) is 11.8 Å². The van der Waals surface area contributed by atoms with Gasteiger partial charge < -0.3 is 24.1 Å². The van der Waals surface area contributed by atoms with Crippen molar-refractivity contribution in [2.45, 2.75) is 57.8 Å². The zero-order chi connectivity index (χ0) is 22.9. The van der Waals surface area contributed by atoms with Crippen LogP contribution in [0.3, 0.4) is 0 Å². The van der Waals surface area contributed by atoms with Crippen LogP contribution in [0.4, 0.5) is 0 Å². The van der Waals surface area contributed by atoms with E-state index in [1.807, 2.05) is 63.2 Å². The first-order valence-corrected chi connectivity index (χ1v) is 11.3. The summed E-state index contributed by atoms with van der Waals surface area (Å²) < 4.78 is 23.8. The van der Waals surface area contributed by atoms with Gasteiger partial charge in [0.15, 0.2) is 0 Å². The quantitative estimate of drug-likeness (QED) is 0.650. The van der Waals surface area contributed by atoms with Gasteiger partial charge in [-0.2, -0.15) is 0 Å². The van der Waals surface area contributed by atoms with Crippen LogP contribution in [0, 0.1) is 11.8 Å². The number of rotatable bonds is 7. The van der Waals surface area contributed by atoms with Crippen LogP contribution >= 0.6 is 0 Å². The first kappa shape index (κ1) is 22.5. The van der Waals surface area contributed by atoms with Gasteiger partial charge in [-0.3, -0.25) is 4.79 Å². The van der Waals surface area contributed by atoms with E-state index in [1.54, 1.807) is 7.11 Å². The van der Waals surface area contributed by atoms with E-state index in [9.17, 15) is 9.90 Å². The highest BCUT2D eigenvalue weighted by atomic mass is 16.5. The van der Waals surface area contributed by atoms with E-state index >= 15 is 0 Å². The van der Waals surface area contributed by atoms with Gasteiger partial charge in [0.1, 0.15) is 22.8 Å². The summed E-state index contributed by atoms with van der Waals surface area (Å²) in [6.45, 7) is 6.62. The number of benzene rings is 2. The van der Waals surface area contributed by atoms with Gasteiger partial charge in [0.25, 0.3) is 0 Å². The average Bonchev–Trinajstić information content (AvgIpc) is 2.77. The van der Waals surface area contributed by atoms with Crippen molar-refractivity contribution in [3.63, 3.8) is 0 Å². The third kappa shape index (κ3) is 4.42. The highest BCUT2D eigenvalue weighted by molar-refractivity contribution is 5.71. The van der Waals surface area contributed by atoms with E-state index in [2.05, 4.69) is 0 Å². The van der Waals surface area contributed by atoms with Crippen LogP contribution in [0.15, 0.2) is 42.5 Å². The Kier molecular flexibility index (Phi) is 6.33. The highest BCUT2D eigenvalue weighted by Gasteiger charge is 2.52. The van der Waals surface area contributed by atoms with Crippen LogP contribution in [0.25, 0.3) is 0 Å². The molecule has 4 rings (SSSR count). The molecule has 0 spiro atoms. The minimum atomic E-state index is -0.813. The van der Waals surface area contributed by atoms with Gasteiger partial charge in [-0.1, -0.05) is 12.1 Å². The molecular formula is C26H32O6. The Bertz CT molecular complexity index is 951. The smallest absolute Gasteiger partial charge is 0.309 e. The van der Waals surface area contributed by atoms with Crippen molar-refractivity contribution in [1.82, 2.24) is 0 Å². The summed E-state index contributed by atoms with van der Waals surface area (Å²) in [5, 5.41) is 9.98. The molecule has 0 saturated carbocycles. The normalized spacial score (nSPS) is 25.8. The van der Waals surface area contributed by atoms with Crippen LogP contribution in [-0.2, 0) is 16.0 Å². The summed E-state index contributed by atoms with van der Waals surface area (Å²) in [4.78, 5) is 12.2. The van der Waals surface area contributed by atoms with Crippen molar-refractivity contribution < 1.29 is 28.8 Å². The number of carbonyl (C=O) groups is 1. The minimum absolute atomic E-state index is 0.0649. The van der Waals surface area contributed by atoms with Crippen LogP contribution in [0.2, 0.25) is 0 Å². The van der Waals surface area contributed by atoms with Crippen molar-refractivity contribution in [2.75, 3.05) is 13.7 Å². The number of aryl methyl sites for hydroxylation is 1. The van der Waals surface area contributed by atoms with Crippen molar-refractivity contribution >= 4 is 5.97 Å². The lowest BCUT2D eigenvalue weighted by atomic mass is 9.71. The lowest BCUT2D eigenvalue weighted by Gasteiger charge is -2.50. The van der Waals surface area contributed by atoms with Gasteiger partial charge in [-0.25, -0.2) is 0 Å². The van der Waals surface area contributed by atoms with Gasteiger partial charge in [0.05, 0.1) is 31.8 Å². The Morgan fingerprint density at radius 3 is 2.53 bits per heavy atom. The standard InChI is InChI=1S/C26H32O6/c1-5-30-17-9-6-16(7-10-17)8-12-22-20(25(27)28)15-21-24(31-22)19-14-18(29-4)11-13-23(19)32-26(21,2)3/h6-7,9-11,13-14,20-22,24H,5,8,12,15H2,1-4H3,(H,27,28)/t20-,21+,22+,24-/m1/s1. The van der Waals surface area contributed by atoms with Gasteiger partial charge in [-0.15, -0.1) is 0 Å². The minimum Gasteiger partial charge on any atom is -0.497 e. The van der Waals surface area contributed by atoms with Gasteiger partial charge in [-0.05, 0) is 75.9 Å². The number of ether oxygens (including phenoxy) is 4. The molecule has 0 unspecified atom stereocenters. The maximum absolute atomic E-state index is 12.2. The van der Waals surface area contributed by atoms with Crippen molar-refractivity contribution in [1.29, 1.82) is 0 Å². The van der Waals surface area contributed by atoms with Gasteiger partial charge in [0.2, 0.25) is 0 Å². The molecule has 1 N–H and O–H groups in total. The Balaban J connectivity index is 1.57. The lowest BCUT2D eigenvalue weighted by molar-refractivity contribution is -0.188. The maximum Gasteiger partial charge on any atom is 0.309 e. The third-order valence-corrected chi connectivity index (χ3v) is 6.70. The monoisotopic (exact) mass is 440 g/mol. The molecule has 0 radical (unpaired) electrons. The van der Waals surface area contributed by atoms with Crippen LogP contribution in [-0.4, -0.2) is 36.5 Å². The molecule has 32 heavy (non-hydrogen) atoms. The Morgan fingerprint density at radius 2 is 1.88 bits per heavy atom. The van der Waals surface area contributed by atoms with E-state index in [0.29, 0.717) is 19.4 Å². The van der Waals surface area contributed by atoms with Crippen molar-refractivity contribution in [3.05, 3.63) is 53.6 Å². The Morgan fingerprint density at radius 1 is 1.16 bits per heavy atom. The fourth-order valence-corrected chi connectivity index (χ4v) is 4.95. The van der Waals surface area contributed by atoms with E-state index in [-0.39, 0.29) is 18.1 Å². The van der Waals surface area contributed by atoms with Crippen LogP contribution in [0.5, 0.6) is 17.2 Å². The predicted molar refractivity (Wildman–Crippen MR) is 120 cm³/mol.